The van der Waals surface area contributed by atoms with Gasteiger partial charge in [0.05, 0.1) is 12.0 Å². The van der Waals surface area contributed by atoms with Crippen LogP contribution in [0, 0.1) is 0 Å². The number of nitrogens with one attached hydrogen (secondary N) is 2. The molecule has 0 fully saturated rings. The zero-order chi connectivity index (χ0) is 15.9. The maximum atomic E-state index is 12.1. The standard InChI is InChI=1S/C16H16Cl2N2O2/c17-9-15(21)10-19-13-4-6-14(7-5-13)20-16(22)11-2-1-3-12(18)8-11/h1-8,15,19,21H,9-10H2,(H,20,22). The van der Waals surface area contributed by atoms with Crippen LogP contribution in [0.1, 0.15) is 10.4 Å². The molecule has 116 valence electrons. The van der Waals surface area contributed by atoms with Gasteiger partial charge in [0.2, 0.25) is 0 Å². The van der Waals surface area contributed by atoms with E-state index in [4.69, 9.17) is 23.2 Å². The van der Waals surface area contributed by atoms with Crippen molar-refractivity contribution in [3.8, 4) is 0 Å². The number of benzene rings is 2. The van der Waals surface area contributed by atoms with Gasteiger partial charge in [-0.1, -0.05) is 17.7 Å². The van der Waals surface area contributed by atoms with Gasteiger partial charge < -0.3 is 15.7 Å². The van der Waals surface area contributed by atoms with E-state index < -0.39 is 6.10 Å². The Morgan fingerprint density at radius 2 is 1.82 bits per heavy atom. The average molecular weight is 339 g/mol. The highest BCUT2D eigenvalue weighted by molar-refractivity contribution is 6.31. The summed E-state index contributed by atoms with van der Waals surface area (Å²) in [6.45, 7) is 0.373. The van der Waals surface area contributed by atoms with Crippen molar-refractivity contribution in [2.24, 2.45) is 0 Å². The van der Waals surface area contributed by atoms with Gasteiger partial charge in [-0.3, -0.25) is 4.79 Å². The van der Waals surface area contributed by atoms with Gasteiger partial charge in [-0.25, -0.2) is 0 Å². The maximum Gasteiger partial charge on any atom is 0.255 e. The molecule has 2 aromatic rings. The highest BCUT2D eigenvalue weighted by Gasteiger charge is 2.06. The number of aliphatic hydroxyl groups is 1. The van der Waals surface area contributed by atoms with Crippen molar-refractivity contribution in [1.29, 1.82) is 0 Å². The molecule has 2 aromatic carbocycles. The van der Waals surface area contributed by atoms with Gasteiger partial charge in [-0.15, -0.1) is 11.6 Å². The van der Waals surface area contributed by atoms with Crippen molar-refractivity contribution < 1.29 is 9.90 Å². The summed E-state index contributed by atoms with van der Waals surface area (Å²) in [6.07, 6.45) is -0.594. The van der Waals surface area contributed by atoms with E-state index in [9.17, 15) is 9.90 Å². The molecule has 1 amide bonds. The fourth-order valence-electron chi connectivity index (χ4n) is 1.79. The molecule has 4 nitrogen and oxygen atoms in total. The summed E-state index contributed by atoms with van der Waals surface area (Å²) in [7, 11) is 0. The van der Waals surface area contributed by atoms with E-state index >= 15 is 0 Å². The SMILES string of the molecule is O=C(Nc1ccc(NCC(O)CCl)cc1)c1cccc(Cl)c1. The van der Waals surface area contributed by atoms with Crippen LogP contribution in [-0.4, -0.2) is 29.5 Å². The van der Waals surface area contributed by atoms with Crippen LogP contribution in [0.3, 0.4) is 0 Å². The number of amides is 1. The first kappa shape index (κ1) is 16.6. The minimum atomic E-state index is -0.594. The molecule has 0 aliphatic rings. The number of alkyl halides is 1. The molecule has 0 aliphatic heterocycles. The summed E-state index contributed by atoms with van der Waals surface area (Å²) in [5, 5.41) is 15.7. The Bertz CT molecular complexity index is 632. The molecule has 0 aromatic heterocycles. The van der Waals surface area contributed by atoms with E-state index in [2.05, 4.69) is 10.6 Å². The number of halogens is 2. The first-order chi connectivity index (χ1) is 10.6. The zero-order valence-electron chi connectivity index (χ0n) is 11.7. The molecule has 3 N–H and O–H groups in total. The third kappa shape index (κ3) is 4.91. The molecule has 6 heteroatoms. The Hall–Kier alpha value is -1.75. The highest BCUT2D eigenvalue weighted by atomic mass is 35.5. The normalized spacial score (nSPS) is 11.8. The van der Waals surface area contributed by atoms with E-state index in [1.165, 1.54) is 0 Å². The summed E-state index contributed by atoms with van der Waals surface area (Å²) in [6, 6.07) is 13.9. The van der Waals surface area contributed by atoms with Gasteiger partial charge in [0, 0.05) is 28.5 Å². The highest BCUT2D eigenvalue weighted by Crippen LogP contribution is 2.16. The first-order valence-electron chi connectivity index (χ1n) is 6.73. The van der Waals surface area contributed by atoms with Crippen molar-refractivity contribution in [2.45, 2.75) is 6.10 Å². The number of carbonyl (C=O) groups excluding carboxylic acids is 1. The molecule has 0 spiro atoms. The zero-order valence-corrected chi connectivity index (χ0v) is 13.2. The predicted octanol–water partition coefficient (Wildman–Crippen LogP) is 3.60. The maximum absolute atomic E-state index is 12.1. The second kappa shape index (κ2) is 8.03. The Kier molecular flexibility index (Phi) is 6.07. The second-order valence-corrected chi connectivity index (χ2v) is 5.48. The monoisotopic (exact) mass is 338 g/mol. The summed E-state index contributed by atoms with van der Waals surface area (Å²) in [5.41, 5.74) is 2.01. The number of rotatable bonds is 6. The predicted molar refractivity (Wildman–Crippen MR) is 91.1 cm³/mol. The average Bonchev–Trinajstić information content (AvgIpc) is 2.53. The molecule has 2 rings (SSSR count). The number of aliphatic hydroxyl groups excluding tert-OH is 1. The lowest BCUT2D eigenvalue weighted by Crippen LogP contribution is -2.20. The molecule has 0 aliphatic carbocycles. The van der Waals surface area contributed by atoms with Crippen LogP contribution in [0.25, 0.3) is 0 Å². The van der Waals surface area contributed by atoms with Crippen LogP contribution in [-0.2, 0) is 0 Å². The summed E-state index contributed by atoms with van der Waals surface area (Å²) in [4.78, 5) is 12.1. The van der Waals surface area contributed by atoms with Gasteiger partial charge in [0.25, 0.3) is 5.91 Å². The van der Waals surface area contributed by atoms with Crippen LogP contribution >= 0.6 is 23.2 Å². The molecule has 0 bridgehead atoms. The topological polar surface area (TPSA) is 61.4 Å². The quantitative estimate of drug-likeness (QED) is 0.705. The third-order valence-corrected chi connectivity index (χ3v) is 3.54. The fraction of sp³-hybridized carbons (Fsp3) is 0.188. The summed E-state index contributed by atoms with van der Waals surface area (Å²) < 4.78 is 0. The lowest BCUT2D eigenvalue weighted by Gasteiger charge is -2.11. The van der Waals surface area contributed by atoms with E-state index in [0.29, 0.717) is 22.8 Å². The minimum Gasteiger partial charge on any atom is -0.390 e. The third-order valence-electron chi connectivity index (χ3n) is 2.95. The molecule has 22 heavy (non-hydrogen) atoms. The Labute approximate surface area is 139 Å². The minimum absolute atomic E-state index is 0.181. The molecule has 0 heterocycles. The van der Waals surface area contributed by atoms with Crippen molar-refractivity contribution in [2.75, 3.05) is 23.1 Å². The fourth-order valence-corrected chi connectivity index (χ4v) is 2.09. The molecular formula is C16H16Cl2N2O2. The molecule has 0 saturated carbocycles. The lowest BCUT2D eigenvalue weighted by atomic mass is 10.2. The van der Waals surface area contributed by atoms with Crippen molar-refractivity contribution in [1.82, 2.24) is 0 Å². The molecule has 0 radical (unpaired) electrons. The van der Waals surface area contributed by atoms with E-state index in [1.807, 2.05) is 12.1 Å². The molecule has 0 saturated heterocycles. The Morgan fingerprint density at radius 1 is 1.14 bits per heavy atom. The second-order valence-electron chi connectivity index (χ2n) is 4.73. The van der Waals surface area contributed by atoms with Crippen LogP contribution in [0.5, 0.6) is 0 Å². The number of carbonyl (C=O) groups is 1. The van der Waals surface area contributed by atoms with E-state index in [0.717, 1.165) is 5.69 Å². The molecule has 1 unspecified atom stereocenters. The smallest absolute Gasteiger partial charge is 0.255 e. The van der Waals surface area contributed by atoms with Crippen molar-refractivity contribution in [3.05, 3.63) is 59.1 Å². The van der Waals surface area contributed by atoms with Crippen LogP contribution < -0.4 is 10.6 Å². The largest absolute Gasteiger partial charge is 0.390 e. The number of hydrogen-bond donors (Lipinski definition) is 3. The van der Waals surface area contributed by atoms with Crippen LogP contribution in [0.2, 0.25) is 5.02 Å². The lowest BCUT2D eigenvalue weighted by molar-refractivity contribution is 0.102. The summed E-state index contributed by atoms with van der Waals surface area (Å²) >= 11 is 11.4. The van der Waals surface area contributed by atoms with Crippen molar-refractivity contribution >= 4 is 40.5 Å². The van der Waals surface area contributed by atoms with Crippen molar-refractivity contribution in [3.63, 3.8) is 0 Å². The molecular weight excluding hydrogens is 323 g/mol. The van der Waals surface area contributed by atoms with Gasteiger partial charge in [-0.2, -0.15) is 0 Å². The number of hydrogen-bond acceptors (Lipinski definition) is 3. The van der Waals surface area contributed by atoms with Gasteiger partial charge >= 0.3 is 0 Å². The summed E-state index contributed by atoms with van der Waals surface area (Å²) in [5.74, 6) is -0.0402. The van der Waals surface area contributed by atoms with Gasteiger partial charge in [0.1, 0.15) is 0 Å². The number of anilines is 2. The Balaban J connectivity index is 1.95. The Morgan fingerprint density at radius 3 is 2.45 bits per heavy atom. The van der Waals surface area contributed by atoms with E-state index in [-0.39, 0.29) is 11.8 Å². The van der Waals surface area contributed by atoms with Crippen LogP contribution in [0.4, 0.5) is 11.4 Å². The van der Waals surface area contributed by atoms with E-state index in [1.54, 1.807) is 36.4 Å². The van der Waals surface area contributed by atoms with Gasteiger partial charge in [0.15, 0.2) is 0 Å². The van der Waals surface area contributed by atoms with Gasteiger partial charge in [-0.05, 0) is 42.5 Å². The van der Waals surface area contributed by atoms with Crippen LogP contribution in [0.15, 0.2) is 48.5 Å². The molecule has 1 atom stereocenters. The first-order valence-corrected chi connectivity index (χ1v) is 7.64.